The molecule has 4 nitrogen and oxygen atoms in total. The third kappa shape index (κ3) is 5.70. The molecule has 3 aromatic carbocycles. The molecule has 0 saturated heterocycles. The third-order valence-corrected chi connectivity index (χ3v) is 4.25. The summed E-state index contributed by atoms with van der Waals surface area (Å²) in [6, 6.07) is 23.1. The Morgan fingerprint density at radius 2 is 1.30 bits per heavy atom. The van der Waals surface area contributed by atoms with E-state index in [4.69, 9.17) is 14.1 Å². The molecule has 0 aliphatic carbocycles. The van der Waals surface area contributed by atoms with Gasteiger partial charge in [-0.1, -0.05) is 18.2 Å². The molecule has 0 N–H and O–H groups in total. The fourth-order valence-electron chi connectivity index (χ4n) is 2.74. The molecule has 0 atom stereocenters. The van der Waals surface area contributed by atoms with Gasteiger partial charge >= 0.3 is 7.47 Å². The fraction of sp³-hybridized carbons (Fsp3) is 0.0870. The SMILES string of the molecule is COc1ccc(C(/C=C(\OB(F)F)c2ccc(OC)cc2)=Nc2ccccc2)cc1. The van der Waals surface area contributed by atoms with Crippen LogP contribution in [-0.4, -0.2) is 27.4 Å². The molecule has 3 rings (SSSR count). The minimum Gasteiger partial charge on any atom is -0.505 e. The maximum Gasteiger partial charge on any atom is 0.796 e. The predicted octanol–water partition coefficient (Wildman–Crippen LogP) is 5.81. The first-order chi connectivity index (χ1) is 14.6. The summed E-state index contributed by atoms with van der Waals surface area (Å²) in [5.41, 5.74) is 2.36. The number of nitrogens with zero attached hydrogens (tertiary/aromatic N) is 1. The fourth-order valence-corrected chi connectivity index (χ4v) is 2.74. The highest BCUT2D eigenvalue weighted by Crippen LogP contribution is 2.24. The lowest BCUT2D eigenvalue weighted by atomic mass is 10.1. The standard InChI is InChI=1S/C23H20BF2NO3/c1-28-20-12-8-17(9-13-20)22(27-19-6-4-3-5-7-19)16-23(30-24(25)26)18-10-14-21(29-2)15-11-18/h3-16H,1-2H3/b23-16-,27-22?. The van der Waals surface area contributed by atoms with Crippen molar-refractivity contribution in [3.8, 4) is 11.5 Å². The Bertz CT molecular complexity index is 1000. The zero-order valence-electron chi connectivity index (χ0n) is 16.6. The number of rotatable bonds is 8. The van der Waals surface area contributed by atoms with Gasteiger partial charge in [0.15, 0.2) is 0 Å². The number of hydrogen-bond acceptors (Lipinski definition) is 4. The van der Waals surface area contributed by atoms with Crippen molar-refractivity contribution in [1.29, 1.82) is 0 Å². The molecule has 7 heteroatoms. The molecule has 0 radical (unpaired) electrons. The minimum absolute atomic E-state index is 0.00171. The van der Waals surface area contributed by atoms with Crippen LogP contribution in [0.25, 0.3) is 5.76 Å². The number of allylic oxidation sites excluding steroid dienone is 1. The van der Waals surface area contributed by atoms with Crippen LogP contribution in [0.4, 0.5) is 14.3 Å². The normalized spacial score (nSPS) is 11.7. The predicted molar refractivity (Wildman–Crippen MR) is 116 cm³/mol. The second kappa shape index (κ2) is 10.3. The van der Waals surface area contributed by atoms with E-state index in [1.54, 1.807) is 43.5 Å². The van der Waals surface area contributed by atoms with Crippen LogP contribution >= 0.6 is 0 Å². The molecule has 30 heavy (non-hydrogen) atoms. The van der Waals surface area contributed by atoms with Crippen LogP contribution in [-0.2, 0) is 4.65 Å². The number of hydrogen-bond donors (Lipinski definition) is 0. The van der Waals surface area contributed by atoms with Gasteiger partial charge in [0.05, 0.1) is 25.6 Å². The largest absolute Gasteiger partial charge is 0.796 e. The van der Waals surface area contributed by atoms with E-state index in [-0.39, 0.29) is 5.76 Å². The van der Waals surface area contributed by atoms with Crippen LogP contribution in [0.15, 0.2) is 89.9 Å². The lowest BCUT2D eigenvalue weighted by molar-refractivity contribution is 0.396. The van der Waals surface area contributed by atoms with E-state index in [0.717, 1.165) is 5.56 Å². The molecular weight excluding hydrogens is 387 g/mol. The van der Waals surface area contributed by atoms with Gasteiger partial charge in [-0.15, -0.1) is 0 Å². The second-order valence-electron chi connectivity index (χ2n) is 6.18. The van der Waals surface area contributed by atoms with Gasteiger partial charge in [0.2, 0.25) is 0 Å². The zero-order chi connectivity index (χ0) is 21.3. The summed E-state index contributed by atoms with van der Waals surface area (Å²) in [5, 5.41) is 0. The quantitative estimate of drug-likeness (QED) is 0.269. The molecule has 0 saturated carbocycles. The van der Waals surface area contributed by atoms with Gasteiger partial charge < -0.3 is 14.1 Å². The molecular formula is C23H20BF2NO3. The Morgan fingerprint density at radius 1 is 0.767 bits per heavy atom. The van der Waals surface area contributed by atoms with Crippen molar-refractivity contribution in [2.45, 2.75) is 0 Å². The minimum atomic E-state index is -2.98. The van der Waals surface area contributed by atoms with Crippen LogP contribution in [0.3, 0.4) is 0 Å². The summed E-state index contributed by atoms with van der Waals surface area (Å²) in [5.74, 6) is 1.29. The monoisotopic (exact) mass is 407 g/mol. The summed E-state index contributed by atoms with van der Waals surface area (Å²) in [4.78, 5) is 4.64. The molecule has 0 aromatic heterocycles. The van der Waals surface area contributed by atoms with Crippen LogP contribution in [0.1, 0.15) is 11.1 Å². The molecule has 0 spiro atoms. The molecule has 152 valence electrons. The van der Waals surface area contributed by atoms with Crippen molar-refractivity contribution < 1.29 is 22.8 Å². The summed E-state index contributed by atoms with van der Waals surface area (Å²) >= 11 is 0. The van der Waals surface area contributed by atoms with Gasteiger partial charge in [-0.25, -0.2) is 13.6 Å². The summed E-state index contributed by atoms with van der Waals surface area (Å²) in [6.45, 7) is 0. The van der Waals surface area contributed by atoms with Crippen molar-refractivity contribution in [2.24, 2.45) is 4.99 Å². The maximum absolute atomic E-state index is 13.2. The molecule has 3 aromatic rings. The number of ether oxygens (including phenoxy) is 2. The van der Waals surface area contributed by atoms with E-state index < -0.39 is 7.47 Å². The van der Waals surface area contributed by atoms with E-state index >= 15 is 0 Å². The second-order valence-corrected chi connectivity index (χ2v) is 6.18. The van der Waals surface area contributed by atoms with E-state index in [1.807, 2.05) is 42.5 Å². The van der Waals surface area contributed by atoms with Gasteiger partial charge in [0.25, 0.3) is 0 Å². The molecule has 0 aliphatic rings. The third-order valence-electron chi connectivity index (χ3n) is 4.25. The number of methoxy groups -OCH3 is 2. The van der Waals surface area contributed by atoms with Crippen molar-refractivity contribution in [3.05, 3.63) is 96.1 Å². The van der Waals surface area contributed by atoms with Crippen LogP contribution in [0.2, 0.25) is 0 Å². The topological polar surface area (TPSA) is 40.0 Å². The summed E-state index contributed by atoms with van der Waals surface area (Å²) < 4.78 is 41.5. The van der Waals surface area contributed by atoms with E-state index in [1.165, 1.54) is 13.2 Å². The molecule has 0 aliphatic heterocycles. The first-order valence-corrected chi connectivity index (χ1v) is 9.18. The smallest absolute Gasteiger partial charge is 0.505 e. The van der Waals surface area contributed by atoms with Crippen molar-refractivity contribution in [3.63, 3.8) is 0 Å². The van der Waals surface area contributed by atoms with Gasteiger partial charge in [-0.3, -0.25) is 0 Å². The number of benzene rings is 3. The summed E-state index contributed by atoms with van der Waals surface area (Å²) in [6.07, 6.45) is 1.50. The van der Waals surface area contributed by atoms with Gasteiger partial charge in [0.1, 0.15) is 17.3 Å². The Morgan fingerprint density at radius 3 is 1.80 bits per heavy atom. The highest BCUT2D eigenvalue weighted by atomic mass is 19.2. The molecule has 0 unspecified atom stereocenters. The molecule has 0 fully saturated rings. The van der Waals surface area contributed by atoms with Crippen LogP contribution in [0.5, 0.6) is 11.5 Å². The zero-order valence-corrected chi connectivity index (χ0v) is 16.6. The van der Waals surface area contributed by atoms with Gasteiger partial charge in [-0.05, 0) is 60.7 Å². The summed E-state index contributed by atoms with van der Waals surface area (Å²) in [7, 11) is 0.133. The Kier molecular flexibility index (Phi) is 7.21. The van der Waals surface area contributed by atoms with Crippen molar-refractivity contribution in [2.75, 3.05) is 14.2 Å². The molecule has 0 amide bonds. The average molecular weight is 407 g/mol. The van der Waals surface area contributed by atoms with E-state index in [0.29, 0.717) is 28.5 Å². The van der Waals surface area contributed by atoms with Gasteiger partial charge in [0, 0.05) is 17.2 Å². The highest BCUT2D eigenvalue weighted by molar-refractivity contribution is 6.36. The Hall–Kier alpha value is -3.61. The lowest BCUT2D eigenvalue weighted by Gasteiger charge is -2.12. The first kappa shape index (κ1) is 21.1. The number of aliphatic imine (C=N–C) groups is 1. The lowest BCUT2D eigenvalue weighted by Crippen LogP contribution is -2.07. The average Bonchev–Trinajstić information content (AvgIpc) is 2.78. The molecule has 0 bridgehead atoms. The van der Waals surface area contributed by atoms with E-state index in [2.05, 4.69) is 4.99 Å². The van der Waals surface area contributed by atoms with Crippen LogP contribution < -0.4 is 9.47 Å². The van der Waals surface area contributed by atoms with Crippen molar-refractivity contribution >= 4 is 24.6 Å². The maximum atomic E-state index is 13.2. The highest BCUT2D eigenvalue weighted by Gasteiger charge is 2.21. The first-order valence-electron chi connectivity index (χ1n) is 9.18. The number of halogens is 2. The Balaban J connectivity index is 2.09. The van der Waals surface area contributed by atoms with Gasteiger partial charge in [-0.2, -0.15) is 0 Å². The number of para-hydroxylation sites is 1. The Labute approximate surface area is 174 Å². The van der Waals surface area contributed by atoms with E-state index in [9.17, 15) is 8.63 Å². The molecule has 0 heterocycles. The van der Waals surface area contributed by atoms with Crippen LogP contribution in [0, 0.1) is 0 Å². The van der Waals surface area contributed by atoms with Crippen molar-refractivity contribution in [1.82, 2.24) is 0 Å².